The van der Waals surface area contributed by atoms with Crippen molar-refractivity contribution in [3.05, 3.63) is 60.8 Å². The highest BCUT2D eigenvalue weighted by atomic mass is 16.6. The number of ether oxygens (including phenoxy) is 3. The van der Waals surface area contributed by atoms with Gasteiger partial charge < -0.3 is 14.2 Å². The third-order valence-electron chi connectivity index (χ3n) is 13.5. The van der Waals surface area contributed by atoms with Gasteiger partial charge in [-0.25, -0.2) is 0 Å². The van der Waals surface area contributed by atoms with Gasteiger partial charge in [-0.05, 0) is 83.5 Å². The Morgan fingerprint density at radius 3 is 1.04 bits per heavy atom. The Hall–Kier alpha value is -2.40. The molecule has 0 aliphatic heterocycles. The number of hydrogen-bond acceptors (Lipinski definition) is 5. The van der Waals surface area contributed by atoms with Crippen molar-refractivity contribution in [1.29, 1.82) is 0 Å². The van der Waals surface area contributed by atoms with Gasteiger partial charge in [0.05, 0.1) is 6.61 Å². The first-order valence-corrected chi connectivity index (χ1v) is 30.8. The molecule has 5 heteroatoms. The molecule has 0 radical (unpaired) electrons. The average molecular weight is 980 g/mol. The second-order valence-electron chi connectivity index (χ2n) is 20.6. The second-order valence-corrected chi connectivity index (χ2v) is 20.6. The van der Waals surface area contributed by atoms with Gasteiger partial charge in [0.25, 0.3) is 0 Å². The van der Waals surface area contributed by atoms with Gasteiger partial charge in [0.2, 0.25) is 0 Å². The molecule has 0 aliphatic rings. The Bertz CT molecular complexity index is 1200. The molecule has 0 saturated heterocycles. The monoisotopic (exact) mass is 979 g/mol. The number of hydrogen-bond donors (Lipinski definition) is 0. The summed E-state index contributed by atoms with van der Waals surface area (Å²) in [6.45, 7) is 7.74. The van der Waals surface area contributed by atoms with Crippen molar-refractivity contribution in [3.8, 4) is 0 Å². The zero-order valence-corrected chi connectivity index (χ0v) is 47.0. The quantitative estimate of drug-likeness (QED) is 0.0345. The van der Waals surface area contributed by atoms with E-state index in [1.54, 1.807) is 0 Å². The molecule has 0 aromatic heterocycles. The van der Waals surface area contributed by atoms with Gasteiger partial charge in [-0.2, -0.15) is 0 Å². The van der Waals surface area contributed by atoms with Gasteiger partial charge in [0.15, 0.2) is 6.10 Å². The standard InChI is InChI=1S/C65H118O5/c1-4-7-10-13-16-19-22-25-28-31-32-33-34-36-37-40-43-46-49-52-55-58-64(66)69-62-63(61-68-60-57-54-51-48-45-42-39-30-27-24-21-18-15-12-9-6-3)70-65(67)59-56-53-50-47-44-41-38-35-29-26-23-20-17-14-11-8-5-2/h8,11,17,20,25-26,28-29,38,41,63H,4-7,9-10,12-16,18-19,21-24,27,30-37,39-40,42-62H2,1-3H3/b11-8-,20-17-,28-25-,29-26-,41-38-/t63-/m1/s1. The summed E-state index contributed by atoms with van der Waals surface area (Å²) in [5, 5.41) is 0. The van der Waals surface area contributed by atoms with Gasteiger partial charge in [0.1, 0.15) is 6.61 Å². The predicted octanol–water partition coefficient (Wildman–Crippen LogP) is 21.2. The normalized spacial score (nSPS) is 12.6. The molecule has 0 unspecified atom stereocenters. The van der Waals surface area contributed by atoms with E-state index in [0.29, 0.717) is 19.4 Å². The number of allylic oxidation sites excluding steroid dienone is 10. The van der Waals surface area contributed by atoms with E-state index >= 15 is 0 Å². The van der Waals surface area contributed by atoms with E-state index < -0.39 is 6.10 Å². The molecule has 0 spiro atoms. The topological polar surface area (TPSA) is 61.8 Å². The Balaban J connectivity index is 4.26. The molecule has 0 fully saturated rings. The second kappa shape index (κ2) is 60.9. The number of carbonyl (C=O) groups is 2. The van der Waals surface area contributed by atoms with Crippen LogP contribution in [0.25, 0.3) is 0 Å². The van der Waals surface area contributed by atoms with Crippen LogP contribution in [-0.4, -0.2) is 37.9 Å². The maximum atomic E-state index is 12.9. The van der Waals surface area contributed by atoms with E-state index in [2.05, 4.69) is 81.5 Å². The molecular formula is C65H118O5. The van der Waals surface area contributed by atoms with Gasteiger partial charge in [-0.1, -0.05) is 281 Å². The Labute approximate surface area is 436 Å². The summed E-state index contributed by atoms with van der Waals surface area (Å²) in [5.74, 6) is -0.409. The first-order valence-electron chi connectivity index (χ1n) is 30.8. The lowest BCUT2D eigenvalue weighted by Gasteiger charge is -2.18. The van der Waals surface area contributed by atoms with E-state index in [4.69, 9.17) is 14.2 Å². The van der Waals surface area contributed by atoms with Crippen molar-refractivity contribution in [3.63, 3.8) is 0 Å². The van der Waals surface area contributed by atoms with Gasteiger partial charge >= 0.3 is 11.9 Å². The Morgan fingerprint density at radius 1 is 0.329 bits per heavy atom. The SMILES string of the molecule is CC/C=C\C/C=C\C/C=C\C/C=C\CCCCCCC(=O)O[C@H](COCCCCCCCCCCCCCCCCCC)COC(=O)CCCCCCCCCCCCC/C=C\CCCCCCCC. The molecule has 0 N–H and O–H groups in total. The summed E-state index contributed by atoms with van der Waals surface area (Å²) < 4.78 is 17.5. The number of esters is 2. The summed E-state index contributed by atoms with van der Waals surface area (Å²) in [7, 11) is 0. The van der Waals surface area contributed by atoms with Gasteiger partial charge in [0, 0.05) is 19.4 Å². The first kappa shape index (κ1) is 67.6. The van der Waals surface area contributed by atoms with Gasteiger partial charge in [-0.15, -0.1) is 0 Å². The minimum Gasteiger partial charge on any atom is -0.462 e. The Morgan fingerprint density at radius 2 is 0.643 bits per heavy atom. The molecule has 0 heterocycles. The lowest BCUT2D eigenvalue weighted by Crippen LogP contribution is -2.30. The summed E-state index contributed by atoms with van der Waals surface area (Å²) in [4.78, 5) is 25.6. The van der Waals surface area contributed by atoms with Crippen molar-refractivity contribution in [2.45, 2.75) is 322 Å². The zero-order chi connectivity index (χ0) is 50.6. The van der Waals surface area contributed by atoms with E-state index in [1.807, 2.05) is 0 Å². The molecule has 0 aliphatic carbocycles. The molecule has 408 valence electrons. The van der Waals surface area contributed by atoms with Crippen LogP contribution in [-0.2, 0) is 23.8 Å². The number of carbonyl (C=O) groups excluding carboxylic acids is 2. The molecule has 0 aromatic rings. The highest BCUT2D eigenvalue weighted by molar-refractivity contribution is 5.70. The molecule has 1 atom stereocenters. The van der Waals surface area contributed by atoms with Crippen LogP contribution in [0.5, 0.6) is 0 Å². The third kappa shape index (κ3) is 58.2. The van der Waals surface area contributed by atoms with Gasteiger partial charge in [-0.3, -0.25) is 9.59 Å². The summed E-state index contributed by atoms with van der Waals surface area (Å²) in [6.07, 6.45) is 78.2. The minimum absolute atomic E-state index is 0.0777. The van der Waals surface area contributed by atoms with Crippen molar-refractivity contribution in [1.82, 2.24) is 0 Å². The maximum absolute atomic E-state index is 12.9. The van der Waals surface area contributed by atoms with Crippen LogP contribution >= 0.6 is 0 Å². The summed E-state index contributed by atoms with van der Waals surface area (Å²) >= 11 is 0. The van der Waals surface area contributed by atoms with Crippen molar-refractivity contribution in [2.75, 3.05) is 19.8 Å². The van der Waals surface area contributed by atoms with Crippen LogP contribution in [0.2, 0.25) is 0 Å². The van der Waals surface area contributed by atoms with E-state index in [1.165, 1.54) is 199 Å². The van der Waals surface area contributed by atoms with Crippen molar-refractivity contribution >= 4 is 11.9 Å². The fraction of sp³-hybridized carbons (Fsp3) is 0.815. The van der Waals surface area contributed by atoms with Crippen molar-refractivity contribution < 1.29 is 23.8 Å². The van der Waals surface area contributed by atoms with Crippen LogP contribution in [0.3, 0.4) is 0 Å². The van der Waals surface area contributed by atoms with Crippen LogP contribution in [0.1, 0.15) is 316 Å². The first-order chi connectivity index (χ1) is 34.6. The molecule has 0 amide bonds. The molecular weight excluding hydrogens is 861 g/mol. The van der Waals surface area contributed by atoms with Crippen LogP contribution in [0, 0.1) is 0 Å². The van der Waals surface area contributed by atoms with E-state index in [-0.39, 0.29) is 25.2 Å². The third-order valence-corrected chi connectivity index (χ3v) is 13.5. The summed E-state index contributed by atoms with van der Waals surface area (Å²) in [6, 6.07) is 0. The average Bonchev–Trinajstić information content (AvgIpc) is 3.36. The molecule has 0 saturated carbocycles. The molecule has 70 heavy (non-hydrogen) atoms. The Kier molecular flexibility index (Phi) is 58.8. The number of rotatable bonds is 57. The minimum atomic E-state index is -0.549. The zero-order valence-electron chi connectivity index (χ0n) is 47.0. The van der Waals surface area contributed by atoms with E-state index in [0.717, 1.165) is 83.5 Å². The lowest BCUT2D eigenvalue weighted by atomic mass is 10.0. The van der Waals surface area contributed by atoms with Crippen LogP contribution in [0.15, 0.2) is 60.8 Å². The fourth-order valence-corrected chi connectivity index (χ4v) is 8.97. The molecule has 0 bridgehead atoms. The highest BCUT2D eigenvalue weighted by Gasteiger charge is 2.17. The fourth-order valence-electron chi connectivity index (χ4n) is 8.97. The van der Waals surface area contributed by atoms with Crippen LogP contribution < -0.4 is 0 Å². The maximum Gasteiger partial charge on any atom is 0.306 e. The van der Waals surface area contributed by atoms with Crippen LogP contribution in [0.4, 0.5) is 0 Å². The van der Waals surface area contributed by atoms with Crippen molar-refractivity contribution in [2.24, 2.45) is 0 Å². The highest BCUT2D eigenvalue weighted by Crippen LogP contribution is 2.16. The molecule has 5 nitrogen and oxygen atoms in total. The molecule has 0 rings (SSSR count). The molecule has 0 aromatic carbocycles. The lowest BCUT2D eigenvalue weighted by molar-refractivity contribution is -0.163. The predicted molar refractivity (Wildman–Crippen MR) is 307 cm³/mol. The van der Waals surface area contributed by atoms with E-state index in [9.17, 15) is 9.59 Å². The summed E-state index contributed by atoms with van der Waals surface area (Å²) in [5.41, 5.74) is 0. The largest absolute Gasteiger partial charge is 0.462 e. The number of unbranched alkanes of at least 4 members (excludes halogenated alkanes) is 36. The smallest absolute Gasteiger partial charge is 0.306 e.